The average molecular weight is 301 g/mol. The Labute approximate surface area is 126 Å². The van der Waals surface area contributed by atoms with Gasteiger partial charge in [0.05, 0.1) is 0 Å². The highest BCUT2D eigenvalue weighted by Gasteiger charge is 2.11. The molecule has 3 rings (SSSR count). The van der Waals surface area contributed by atoms with E-state index in [1.807, 2.05) is 0 Å². The Kier molecular flexibility index (Phi) is 3.89. The smallest absolute Gasteiger partial charge is 0.225 e. The van der Waals surface area contributed by atoms with Gasteiger partial charge in [0.25, 0.3) is 0 Å². The standard InChI is InChI=1S/C15H15N3S2/c1-3-16-15-17-13-11(8-9-19-13)14(18-15)20-12-7-5-4-6-10(12)2/h4-9H,3H2,1-2H3,(H,16,17,18). The molecule has 1 N–H and O–H groups in total. The van der Waals surface area contributed by atoms with Crippen LogP contribution in [0.15, 0.2) is 45.6 Å². The first-order chi connectivity index (χ1) is 9.78. The van der Waals surface area contributed by atoms with Crippen molar-refractivity contribution in [3.63, 3.8) is 0 Å². The van der Waals surface area contributed by atoms with Crippen molar-refractivity contribution < 1.29 is 0 Å². The second-order valence-electron chi connectivity index (χ2n) is 4.39. The van der Waals surface area contributed by atoms with E-state index in [-0.39, 0.29) is 0 Å². The molecular weight excluding hydrogens is 286 g/mol. The molecule has 0 aliphatic carbocycles. The van der Waals surface area contributed by atoms with E-state index in [4.69, 9.17) is 0 Å². The van der Waals surface area contributed by atoms with Crippen LogP contribution >= 0.6 is 23.1 Å². The summed E-state index contributed by atoms with van der Waals surface area (Å²) in [6, 6.07) is 10.5. The van der Waals surface area contributed by atoms with Crippen molar-refractivity contribution in [2.45, 2.75) is 23.8 Å². The highest BCUT2D eigenvalue weighted by atomic mass is 32.2. The fourth-order valence-electron chi connectivity index (χ4n) is 1.92. The van der Waals surface area contributed by atoms with Gasteiger partial charge in [0, 0.05) is 16.8 Å². The summed E-state index contributed by atoms with van der Waals surface area (Å²) in [7, 11) is 0. The lowest BCUT2D eigenvalue weighted by atomic mass is 10.2. The van der Waals surface area contributed by atoms with Crippen LogP contribution in [-0.4, -0.2) is 16.5 Å². The molecule has 102 valence electrons. The molecule has 0 bridgehead atoms. The SMILES string of the molecule is CCNc1nc(Sc2ccccc2C)c2ccsc2n1. The highest BCUT2D eigenvalue weighted by molar-refractivity contribution is 7.99. The number of anilines is 1. The Hall–Kier alpha value is -1.59. The third kappa shape index (κ3) is 2.64. The average Bonchev–Trinajstić information content (AvgIpc) is 2.90. The maximum Gasteiger partial charge on any atom is 0.225 e. The minimum Gasteiger partial charge on any atom is -0.354 e. The number of aromatic nitrogens is 2. The summed E-state index contributed by atoms with van der Waals surface area (Å²) in [4.78, 5) is 11.5. The Morgan fingerprint density at radius 2 is 2.05 bits per heavy atom. The van der Waals surface area contributed by atoms with Crippen LogP contribution < -0.4 is 5.32 Å². The van der Waals surface area contributed by atoms with Gasteiger partial charge in [-0.25, -0.2) is 9.97 Å². The largest absolute Gasteiger partial charge is 0.354 e. The van der Waals surface area contributed by atoms with Gasteiger partial charge in [-0.15, -0.1) is 11.3 Å². The van der Waals surface area contributed by atoms with Gasteiger partial charge in [-0.2, -0.15) is 0 Å². The van der Waals surface area contributed by atoms with Crippen LogP contribution in [0, 0.1) is 6.92 Å². The molecule has 3 aromatic rings. The lowest BCUT2D eigenvalue weighted by molar-refractivity contribution is 1.05. The fourth-order valence-corrected chi connectivity index (χ4v) is 3.74. The Balaban J connectivity index is 2.05. The van der Waals surface area contributed by atoms with E-state index in [1.165, 1.54) is 10.5 Å². The first-order valence-corrected chi connectivity index (χ1v) is 8.20. The molecule has 0 saturated heterocycles. The van der Waals surface area contributed by atoms with Gasteiger partial charge in [0.15, 0.2) is 0 Å². The monoisotopic (exact) mass is 301 g/mol. The van der Waals surface area contributed by atoms with E-state index in [0.29, 0.717) is 5.95 Å². The van der Waals surface area contributed by atoms with Crippen LogP contribution in [-0.2, 0) is 0 Å². The summed E-state index contributed by atoms with van der Waals surface area (Å²) in [6.45, 7) is 5.00. The van der Waals surface area contributed by atoms with E-state index >= 15 is 0 Å². The van der Waals surface area contributed by atoms with Gasteiger partial charge in [-0.05, 0) is 36.9 Å². The Morgan fingerprint density at radius 1 is 1.20 bits per heavy atom. The molecule has 0 radical (unpaired) electrons. The number of fused-ring (bicyclic) bond motifs is 1. The molecule has 20 heavy (non-hydrogen) atoms. The molecule has 0 fully saturated rings. The van der Waals surface area contributed by atoms with Gasteiger partial charge in [-0.3, -0.25) is 0 Å². The third-order valence-electron chi connectivity index (χ3n) is 2.93. The highest BCUT2D eigenvalue weighted by Crippen LogP contribution is 2.35. The van der Waals surface area contributed by atoms with Gasteiger partial charge >= 0.3 is 0 Å². The maximum absolute atomic E-state index is 4.65. The van der Waals surface area contributed by atoms with Gasteiger partial charge < -0.3 is 5.32 Å². The molecule has 0 aliphatic heterocycles. The fraction of sp³-hybridized carbons (Fsp3) is 0.200. The molecule has 2 heterocycles. The van der Waals surface area contributed by atoms with Crippen LogP contribution in [0.4, 0.5) is 5.95 Å². The lowest BCUT2D eigenvalue weighted by Gasteiger charge is -2.08. The molecule has 0 unspecified atom stereocenters. The van der Waals surface area contributed by atoms with Gasteiger partial charge in [0.1, 0.15) is 9.86 Å². The van der Waals surface area contributed by atoms with E-state index < -0.39 is 0 Å². The zero-order valence-corrected chi connectivity index (χ0v) is 13.0. The predicted octanol–water partition coefficient (Wildman–Crippen LogP) is 4.58. The number of thiophene rings is 1. The molecule has 0 spiro atoms. The quantitative estimate of drug-likeness (QED) is 0.716. The summed E-state index contributed by atoms with van der Waals surface area (Å²) < 4.78 is 0. The van der Waals surface area contributed by atoms with E-state index in [0.717, 1.165) is 21.8 Å². The first-order valence-electron chi connectivity index (χ1n) is 6.50. The molecule has 1 aromatic carbocycles. The van der Waals surface area contributed by atoms with Crippen molar-refractivity contribution in [1.29, 1.82) is 0 Å². The van der Waals surface area contributed by atoms with Crippen molar-refractivity contribution in [1.82, 2.24) is 9.97 Å². The van der Waals surface area contributed by atoms with Gasteiger partial charge in [0.2, 0.25) is 5.95 Å². The number of benzene rings is 1. The second kappa shape index (κ2) is 5.81. The Bertz CT molecular complexity index is 737. The normalized spacial score (nSPS) is 10.9. The van der Waals surface area contributed by atoms with Crippen molar-refractivity contribution in [3.8, 4) is 0 Å². The van der Waals surface area contributed by atoms with Crippen molar-refractivity contribution in [2.24, 2.45) is 0 Å². The molecular formula is C15H15N3S2. The van der Waals surface area contributed by atoms with Crippen LogP contribution in [0.2, 0.25) is 0 Å². The molecule has 0 amide bonds. The summed E-state index contributed by atoms with van der Waals surface area (Å²) in [5.74, 6) is 0.707. The van der Waals surface area contributed by atoms with E-state index in [9.17, 15) is 0 Å². The summed E-state index contributed by atoms with van der Waals surface area (Å²) in [5, 5.41) is 7.41. The van der Waals surface area contributed by atoms with E-state index in [2.05, 4.69) is 64.8 Å². The van der Waals surface area contributed by atoms with Crippen LogP contribution in [0.1, 0.15) is 12.5 Å². The number of nitrogens with one attached hydrogen (secondary N) is 1. The molecule has 0 aliphatic rings. The third-order valence-corrected chi connectivity index (χ3v) is 4.91. The van der Waals surface area contributed by atoms with Crippen molar-refractivity contribution in [2.75, 3.05) is 11.9 Å². The number of nitrogens with zero attached hydrogens (tertiary/aromatic N) is 2. The number of rotatable bonds is 4. The minimum absolute atomic E-state index is 0.707. The van der Waals surface area contributed by atoms with E-state index in [1.54, 1.807) is 23.1 Å². The molecule has 0 saturated carbocycles. The number of hydrogen-bond donors (Lipinski definition) is 1. The molecule has 0 atom stereocenters. The molecule has 5 heteroatoms. The van der Waals surface area contributed by atoms with Crippen LogP contribution in [0.3, 0.4) is 0 Å². The first kappa shape index (κ1) is 13.4. The second-order valence-corrected chi connectivity index (χ2v) is 6.31. The lowest BCUT2D eigenvalue weighted by Crippen LogP contribution is -2.02. The summed E-state index contributed by atoms with van der Waals surface area (Å²) >= 11 is 3.36. The maximum atomic E-state index is 4.65. The van der Waals surface area contributed by atoms with Crippen LogP contribution in [0.25, 0.3) is 10.2 Å². The molecule has 3 nitrogen and oxygen atoms in total. The number of aryl methyl sites for hydroxylation is 1. The van der Waals surface area contributed by atoms with Crippen molar-refractivity contribution >= 4 is 39.3 Å². The van der Waals surface area contributed by atoms with Crippen LogP contribution in [0.5, 0.6) is 0 Å². The topological polar surface area (TPSA) is 37.8 Å². The number of hydrogen-bond acceptors (Lipinski definition) is 5. The summed E-state index contributed by atoms with van der Waals surface area (Å²) in [5.41, 5.74) is 1.27. The minimum atomic E-state index is 0.707. The van der Waals surface area contributed by atoms with Crippen molar-refractivity contribution in [3.05, 3.63) is 41.3 Å². The zero-order valence-electron chi connectivity index (χ0n) is 11.4. The molecule has 2 aromatic heterocycles. The predicted molar refractivity (Wildman–Crippen MR) is 86.9 cm³/mol. The van der Waals surface area contributed by atoms with Gasteiger partial charge in [-0.1, -0.05) is 30.0 Å². The zero-order chi connectivity index (χ0) is 13.9. The Morgan fingerprint density at radius 3 is 2.85 bits per heavy atom. The summed E-state index contributed by atoms with van der Waals surface area (Å²) in [6.07, 6.45) is 0.